The van der Waals surface area contributed by atoms with Gasteiger partial charge in [-0.2, -0.15) is 0 Å². The molecule has 0 aromatic rings. The molecule has 0 N–H and O–H groups in total. The molecule has 0 unspecified atom stereocenters. The molecule has 0 bridgehead atoms. The number of hydrogen-bond donors (Lipinski definition) is 0. The normalized spacial score (nSPS) is 0. The topological polar surface area (TPSA) is 0 Å². The smallest absolute Gasteiger partial charge is 1.00 e. The molecular formula is Cl4CuFe. The average molecular weight is 261 g/mol. The van der Waals surface area contributed by atoms with Crippen molar-refractivity contribution in [1.29, 1.82) is 0 Å². The second-order valence-corrected chi connectivity index (χ2v) is 0. The maximum atomic E-state index is 0. The van der Waals surface area contributed by atoms with Gasteiger partial charge in [0.1, 0.15) is 0 Å². The van der Waals surface area contributed by atoms with Gasteiger partial charge < -0.3 is 49.6 Å². The van der Waals surface area contributed by atoms with Gasteiger partial charge in [-0.1, -0.05) is 0 Å². The van der Waals surface area contributed by atoms with E-state index in [0.717, 1.165) is 0 Å². The van der Waals surface area contributed by atoms with Gasteiger partial charge in [0.05, 0.1) is 0 Å². The van der Waals surface area contributed by atoms with Crippen molar-refractivity contribution in [2.75, 3.05) is 0 Å². The first-order valence-electron chi connectivity index (χ1n) is 0. The fourth-order valence-corrected chi connectivity index (χ4v) is 0. The van der Waals surface area contributed by atoms with E-state index in [2.05, 4.69) is 0 Å². The molecule has 1 radical (unpaired) electrons. The van der Waals surface area contributed by atoms with Gasteiger partial charge in [-0.25, -0.2) is 0 Å². The van der Waals surface area contributed by atoms with Crippen LogP contribution in [0.2, 0.25) is 0 Å². The van der Waals surface area contributed by atoms with E-state index in [9.17, 15) is 0 Å². The Kier molecular flexibility index (Phi) is 838. The summed E-state index contributed by atoms with van der Waals surface area (Å²) >= 11 is 0. The van der Waals surface area contributed by atoms with Crippen LogP contribution in [0.3, 0.4) is 0 Å². The van der Waals surface area contributed by atoms with Crippen molar-refractivity contribution in [3.8, 4) is 0 Å². The van der Waals surface area contributed by atoms with Crippen molar-refractivity contribution in [3.05, 3.63) is 0 Å². The van der Waals surface area contributed by atoms with E-state index in [1.54, 1.807) is 0 Å². The molecular weight excluding hydrogens is 261 g/mol. The van der Waals surface area contributed by atoms with Gasteiger partial charge in [-0.3, -0.25) is 0 Å². The van der Waals surface area contributed by atoms with Crippen LogP contribution in [-0.2, 0) is 34.1 Å². The largest absolute Gasteiger partial charge is 2.00 e. The molecule has 0 nitrogen and oxygen atoms in total. The minimum atomic E-state index is 0. The molecule has 0 aromatic carbocycles. The summed E-state index contributed by atoms with van der Waals surface area (Å²) in [5, 5.41) is 0. The summed E-state index contributed by atoms with van der Waals surface area (Å²) in [6, 6.07) is 0. The van der Waals surface area contributed by atoms with Gasteiger partial charge in [0, 0.05) is 0 Å². The quantitative estimate of drug-likeness (QED) is 0.380. The summed E-state index contributed by atoms with van der Waals surface area (Å²) in [6.07, 6.45) is 0. The van der Waals surface area contributed by atoms with Crippen LogP contribution < -0.4 is 49.6 Å². The second-order valence-electron chi connectivity index (χ2n) is 0. The van der Waals surface area contributed by atoms with Crippen molar-refractivity contribution in [3.63, 3.8) is 0 Å². The van der Waals surface area contributed by atoms with Crippen LogP contribution >= 0.6 is 0 Å². The standard InChI is InChI=1S/4ClH.Cu.Fe/h4*1H;;/q;;;;2*+2/p-4. The van der Waals surface area contributed by atoms with E-state index >= 15 is 0 Å². The molecule has 0 heterocycles. The van der Waals surface area contributed by atoms with Crippen LogP contribution in [0.4, 0.5) is 0 Å². The van der Waals surface area contributed by atoms with Crippen LogP contribution in [0.25, 0.3) is 0 Å². The van der Waals surface area contributed by atoms with Crippen molar-refractivity contribution >= 4 is 0 Å². The Labute approximate surface area is 83.2 Å². The van der Waals surface area contributed by atoms with E-state index in [-0.39, 0.29) is 83.8 Å². The van der Waals surface area contributed by atoms with Gasteiger partial charge in [0.25, 0.3) is 0 Å². The zero-order valence-corrected chi connectivity index (χ0v) is 7.24. The Hall–Kier alpha value is 2.20. The summed E-state index contributed by atoms with van der Waals surface area (Å²) in [7, 11) is 0. The van der Waals surface area contributed by atoms with Crippen LogP contribution in [-0.4, -0.2) is 0 Å². The van der Waals surface area contributed by atoms with Crippen molar-refractivity contribution in [1.82, 2.24) is 0 Å². The summed E-state index contributed by atoms with van der Waals surface area (Å²) < 4.78 is 0. The molecule has 0 aliphatic rings. The van der Waals surface area contributed by atoms with E-state index in [1.807, 2.05) is 0 Å². The van der Waals surface area contributed by atoms with E-state index in [1.165, 1.54) is 0 Å². The maximum Gasteiger partial charge on any atom is 2.00 e. The van der Waals surface area contributed by atoms with Crippen LogP contribution in [0, 0.1) is 0 Å². The van der Waals surface area contributed by atoms with Gasteiger partial charge in [-0.05, 0) is 0 Å². The molecule has 0 aliphatic heterocycles. The molecule has 0 aromatic heterocycles. The summed E-state index contributed by atoms with van der Waals surface area (Å²) in [4.78, 5) is 0. The average Bonchev–Trinajstić information content (AvgIpc) is 0. The molecule has 0 amide bonds. The second kappa shape index (κ2) is 57.2. The zero-order chi connectivity index (χ0) is 0. The van der Waals surface area contributed by atoms with Crippen molar-refractivity contribution in [2.45, 2.75) is 0 Å². The fraction of sp³-hybridized carbons (Fsp3) is 0. The van der Waals surface area contributed by atoms with Crippen molar-refractivity contribution in [2.24, 2.45) is 0 Å². The summed E-state index contributed by atoms with van der Waals surface area (Å²) in [5.41, 5.74) is 0. The Morgan fingerprint density at radius 2 is 0.500 bits per heavy atom. The third-order valence-electron chi connectivity index (χ3n) is 0. The maximum absolute atomic E-state index is 0. The Balaban J connectivity index is 0. The summed E-state index contributed by atoms with van der Waals surface area (Å²) in [6.45, 7) is 0. The third kappa shape index (κ3) is 34.7. The zero-order valence-electron chi connectivity index (χ0n) is 2.17. The molecule has 0 saturated carbocycles. The molecule has 0 atom stereocenters. The first-order chi connectivity index (χ1) is 0. The first kappa shape index (κ1) is 87.9. The number of halogens is 4. The van der Waals surface area contributed by atoms with Crippen molar-refractivity contribution < 1.29 is 83.8 Å². The van der Waals surface area contributed by atoms with Gasteiger partial charge in [0.15, 0.2) is 0 Å². The van der Waals surface area contributed by atoms with Crippen LogP contribution in [0.15, 0.2) is 0 Å². The van der Waals surface area contributed by atoms with E-state index in [0.29, 0.717) is 0 Å². The minimum Gasteiger partial charge on any atom is -1.00 e. The number of rotatable bonds is 0. The molecule has 47 valence electrons. The molecule has 0 rings (SSSR count). The van der Waals surface area contributed by atoms with Gasteiger partial charge in [0.2, 0.25) is 0 Å². The van der Waals surface area contributed by atoms with Gasteiger partial charge in [-0.15, -0.1) is 0 Å². The van der Waals surface area contributed by atoms with Gasteiger partial charge >= 0.3 is 34.1 Å². The van der Waals surface area contributed by atoms with Crippen LogP contribution in [0.1, 0.15) is 0 Å². The molecule has 0 aliphatic carbocycles. The Bertz CT molecular complexity index is 7.51. The molecule has 0 saturated heterocycles. The van der Waals surface area contributed by atoms with E-state index in [4.69, 9.17) is 0 Å². The Morgan fingerprint density at radius 1 is 0.500 bits per heavy atom. The van der Waals surface area contributed by atoms with E-state index < -0.39 is 0 Å². The monoisotopic (exact) mass is 259 g/mol. The minimum absolute atomic E-state index is 0. The summed E-state index contributed by atoms with van der Waals surface area (Å²) in [5.74, 6) is 0. The Morgan fingerprint density at radius 3 is 0.500 bits per heavy atom. The number of hydrogen-bond acceptors (Lipinski definition) is 0. The molecule has 0 spiro atoms. The molecule has 0 fully saturated rings. The predicted molar refractivity (Wildman–Crippen MR) is 0 cm³/mol. The SMILES string of the molecule is [Cl-].[Cl-].[Cl-].[Cl-].[Cu+2].[Fe+2]. The first-order valence-corrected chi connectivity index (χ1v) is 0. The predicted octanol–water partition coefficient (Wildman–Crippen LogP) is -12.0. The molecule has 6 heteroatoms. The van der Waals surface area contributed by atoms with Crippen LogP contribution in [0.5, 0.6) is 0 Å². The fourth-order valence-electron chi connectivity index (χ4n) is 0. The third-order valence-corrected chi connectivity index (χ3v) is 0. The molecule has 6 heavy (non-hydrogen) atoms.